The molecule has 3 heterocycles. The lowest BCUT2D eigenvalue weighted by atomic mass is 10.0. The monoisotopic (exact) mass is 267 g/mol. The zero-order valence-corrected chi connectivity index (χ0v) is 11.3. The number of rotatable bonds is 7. The molecule has 1 N–H and O–H groups in total. The largest absolute Gasteiger partial charge is 0.311 e. The summed E-state index contributed by atoms with van der Waals surface area (Å²) in [4.78, 5) is 4.28. The standard InChI is InChI=1S/C15H17N5/c1-2-3-7-15(18-19-15)8-9-16-12-13-5-4-6-14-17-10-11-20(13)14/h1,4-6,10-11,16H,3,7-9,12H2. The number of hydrogen-bond donors (Lipinski definition) is 1. The molecule has 20 heavy (non-hydrogen) atoms. The van der Waals surface area contributed by atoms with Crippen LogP contribution in [0.15, 0.2) is 40.8 Å². The molecule has 2 aromatic rings. The summed E-state index contributed by atoms with van der Waals surface area (Å²) in [6, 6.07) is 6.13. The Kier molecular flexibility index (Phi) is 3.48. The van der Waals surface area contributed by atoms with Gasteiger partial charge in [-0.3, -0.25) is 0 Å². The van der Waals surface area contributed by atoms with Gasteiger partial charge in [-0.1, -0.05) is 6.07 Å². The average Bonchev–Trinajstić information content (AvgIpc) is 3.07. The van der Waals surface area contributed by atoms with Crippen LogP contribution in [0.5, 0.6) is 0 Å². The van der Waals surface area contributed by atoms with Gasteiger partial charge in [-0.05, 0) is 18.7 Å². The first-order valence-corrected chi connectivity index (χ1v) is 6.82. The van der Waals surface area contributed by atoms with E-state index >= 15 is 0 Å². The highest BCUT2D eigenvalue weighted by atomic mass is 15.4. The van der Waals surface area contributed by atoms with Crippen molar-refractivity contribution < 1.29 is 0 Å². The van der Waals surface area contributed by atoms with Gasteiger partial charge in [-0.2, -0.15) is 10.2 Å². The zero-order valence-electron chi connectivity index (χ0n) is 11.3. The van der Waals surface area contributed by atoms with Crippen LogP contribution in [0.3, 0.4) is 0 Å². The summed E-state index contributed by atoms with van der Waals surface area (Å²) in [5.41, 5.74) is 1.98. The van der Waals surface area contributed by atoms with Gasteiger partial charge in [0.2, 0.25) is 0 Å². The van der Waals surface area contributed by atoms with E-state index in [0.717, 1.165) is 38.0 Å². The third-order valence-electron chi connectivity index (χ3n) is 3.57. The quantitative estimate of drug-likeness (QED) is 0.618. The molecule has 0 aromatic carbocycles. The van der Waals surface area contributed by atoms with Crippen molar-refractivity contribution >= 4 is 5.65 Å². The van der Waals surface area contributed by atoms with Crippen molar-refractivity contribution in [1.82, 2.24) is 14.7 Å². The Labute approximate surface area is 118 Å². The third kappa shape index (κ3) is 2.70. The van der Waals surface area contributed by atoms with Crippen molar-refractivity contribution in [2.24, 2.45) is 10.2 Å². The summed E-state index contributed by atoms with van der Waals surface area (Å²) in [7, 11) is 0. The predicted octanol–water partition coefficient (Wildman–Crippen LogP) is 2.39. The Morgan fingerprint density at radius 1 is 1.30 bits per heavy atom. The molecule has 0 atom stereocenters. The van der Waals surface area contributed by atoms with E-state index in [0.29, 0.717) is 0 Å². The summed E-state index contributed by atoms with van der Waals surface area (Å²) in [5, 5.41) is 11.7. The summed E-state index contributed by atoms with van der Waals surface area (Å²) >= 11 is 0. The molecule has 0 radical (unpaired) electrons. The molecule has 0 amide bonds. The van der Waals surface area contributed by atoms with Crippen LogP contribution in [0.4, 0.5) is 0 Å². The SMILES string of the molecule is C#CCCC1(CCNCc2cccc3nccn23)N=N1. The number of hydrogen-bond acceptors (Lipinski definition) is 4. The van der Waals surface area contributed by atoms with Crippen LogP contribution < -0.4 is 5.32 Å². The maximum Gasteiger partial charge on any atom is 0.193 e. The highest BCUT2D eigenvalue weighted by Crippen LogP contribution is 2.35. The van der Waals surface area contributed by atoms with Gasteiger partial charge in [0.25, 0.3) is 0 Å². The number of nitrogens with one attached hydrogen (secondary N) is 1. The highest BCUT2D eigenvalue weighted by molar-refractivity contribution is 5.39. The Balaban J connectivity index is 1.49. The minimum Gasteiger partial charge on any atom is -0.311 e. The third-order valence-corrected chi connectivity index (χ3v) is 3.57. The second-order valence-corrected chi connectivity index (χ2v) is 4.99. The van der Waals surface area contributed by atoms with Crippen LogP contribution in [0, 0.1) is 12.3 Å². The normalized spacial score (nSPS) is 15.3. The number of fused-ring (bicyclic) bond motifs is 1. The summed E-state index contributed by atoms with van der Waals surface area (Å²) in [6.45, 7) is 1.68. The van der Waals surface area contributed by atoms with Gasteiger partial charge in [0.05, 0.1) is 0 Å². The maximum absolute atomic E-state index is 5.28. The van der Waals surface area contributed by atoms with Gasteiger partial charge >= 0.3 is 0 Å². The Morgan fingerprint density at radius 2 is 2.20 bits per heavy atom. The zero-order chi connectivity index (χ0) is 13.8. The number of pyridine rings is 1. The first kappa shape index (κ1) is 12.8. The van der Waals surface area contributed by atoms with Crippen molar-refractivity contribution in [2.45, 2.75) is 31.5 Å². The molecule has 5 heteroatoms. The predicted molar refractivity (Wildman–Crippen MR) is 77.2 cm³/mol. The van der Waals surface area contributed by atoms with E-state index in [4.69, 9.17) is 6.42 Å². The second kappa shape index (κ2) is 5.43. The lowest BCUT2D eigenvalue weighted by Crippen LogP contribution is -2.23. The summed E-state index contributed by atoms with van der Waals surface area (Å²) in [6.07, 6.45) is 11.6. The molecule has 0 fully saturated rings. The van der Waals surface area contributed by atoms with Gasteiger partial charge in [-0.15, -0.1) is 12.3 Å². The van der Waals surface area contributed by atoms with Gasteiger partial charge in [0.1, 0.15) is 5.65 Å². The van der Waals surface area contributed by atoms with E-state index in [1.54, 1.807) is 0 Å². The highest BCUT2D eigenvalue weighted by Gasteiger charge is 2.38. The van der Waals surface area contributed by atoms with Crippen molar-refractivity contribution in [2.75, 3.05) is 6.54 Å². The van der Waals surface area contributed by atoms with Crippen LogP contribution >= 0.6 is 0 Å². The van der Waals surface area contributed by atoms with E-state index in [9.17, 15) is 0 Å². The molecule has 5 nitrogen and oxygen atoms in total. The van der Waals surface area contributed by atoms with E-state index in [1.165, 1.54) is 5.69 Å². The van der Waals surface area contributed by atoms with Crippen molar-refractivity contribution in [1.29, 1.82) is 0 Å². The molecule has 0 unspecified atom stereocenters. The van der Waals surface area contributed by atoms with Crippen molar-refractivity contribution in [3.63, 3.8) is 0 Å². The summed E-state index contributed by atoms with van der Waals surface area (Å²) < 4.78 is 2.09. The maximum atomic E-state index is 5.28. The van der Waals surface area contributed by atoms with E-state index in [1.807, 2.05) is 24.5 Å². The van der Waals surface area contributed by atoms with Gasteiger partial charge in [0.15, 0.2) is 5.66 Å². The molecule has 0 aliphatic carbocycles. The van der Waals surface area contributed by atoms with Gasteiger partial charge in [0, 0.05) is 43.9 Å². The van der Waals surface area contributed by atoms with Crippen LogP contribution in [0.2, 0.25) is 0 Å². The number of imidazole rings is 1. The number of terminal acetylenes is 1. The molecule has 0 saturated carbocycles. The molecular weight excluding hydrogens is 250 g/mol. The van der Waals surface area contributed by atoms with Crippen molar-refractivity contribution in [3.05, 3.63) is 36.3 Å². The summed E-state index contributed by atoms with van der Waals surface area (Å²) in [5.74, 6) is 2.65. The van der Waals surface area contributed by atoms with Crippen molar-refractivity contribution in [3.8, 4) is 12.3 Å². The number of aromatic nitrogens is 2. The fourth-order valence-electron chi connectivity index (χ4n) is 2.32. The first-order valence-electron chi connectivity index (χ1n) is 6.82. The number of nitrogens with zero attached hydrogens (tertiary/aromatic N) is 4. The van der Waals surface area contributed by atoms with Gasteiger partial charge < -0.3 is 9.72 Å². The lowest BCUT2D eigenvalue weighted by Gasteiger charge is -2.10. The smallest absolute Gasteiger partial charge is 0.193 e. The molecule has 2 aromatic heterocycles. The molecule has 102 valence electrons. The molecule has 0 spiro atoms. The Bertz CT molecular complexity index is 658. The molecule has 1 aliphatic heterocycles. The fourth-order valence-corrected chi connectivity index (χ4v) is 2.32. The van der Waals surface area contributed by atoms with E-state index in [-0.39, 0.29) is 5.66 Å². The van der Waals surface area contributed by atoms with Crippen LogP contribution in [0.1, 0.15) is 25.0 Å². The molecule has 1 aliphatic rings. The van der Waals surface area contributed by atoms with E-state index in [2.05, 4.69) is 36.9 Å². The lowest BCUT2D eigenvalue weighted by molar-refractivity contribution is 0.486. The Morgan fingerprint density at radius 3 is 3.00 bits per heavy atom. The molecule has 0 bridgehead atoms. The molecule has 3 rings (SSSR count). The average molecular weight is 267 g/mol. The first-order chi connectivity index (χ1) is 9.83. The van der Waals surface area contributed by atoms with Crippen LogP contribution in [-0.4, -0.2) is 21.6 Å². The molecule has 0 saturated heterocycles. The molecular formula is C15H17N5. The minimum absolute atomic E-state index is 0.194. The second-order valence-electron chi connectivity index (χ2n) is 4.99. The van der Waals surface area contributed by atoms with Crippen LogP contribution in [-0.2, 0) is 6.54 Å². The van der Waals surface area contributed by atoms with Crippen LogP contribution in [0.25, 0.3) is 5.65 Å². The van der Waals surface area contributed by atoms with E-state index < -0.39 is 0 Å². The minimum atomic E-state index is -0.194. The Hall–Kier alpha value is -2.19. The van der Waals surface area contributed by atoms with Gasteiger partial charge in [-0.25, -0.2) is 4.98 Å². The fraction of sp³-hybridized carbons (Fsp3) is 0.400. The topological polar surface area (TPSA) is 54.0 Å².